The fraction of sp³-hybridized carbons (Fsp3) is 0.0588. The van der Waals surface area contributed by atoms with Crippen LogP contribution in [-0.4, -0.2) is 11.7 Å². The van der Waals surface area contributed by atoms with E-state index in [4.69, 9.17) is 4.84 Å². The number of hydrogen-bond acceptors (Lipinski definition) is 3. The summed E-state index contributed by atoms with van der Waals surface area (Å²) in [5, 5.41) is 3.89. The van der Waals surface area contributed by atoms with E-state index in [1.165, 1.54) is 0 Å². The highest BCUT2D eigenvalue weighted by Crippen LogP contribution is 2.21. The number of carbonyl (C=O) groups excluding carboxylic acids is 1. The van der Waals surface area contributed by atoms with Crippen molar-refractivity contribution in [2.45, 2.75) is 6.92 Å². The lowest BCUT2D eigenvalue weighted by molar-refractivity contribution is -0.136. The smallest absolute Gasteiger partial charge is 0.312 e. The van der Waals surface area contributed by atoms with Gasteiger partial charge in [0.25, 0.3) is 0 Å². The molecule has 20 heavy (non-hydrogen) atoms. The zero-order valence-electron chi connectivity index (χ0n) is 11.0. The molecule has 0 bridgehead atoms. The van der Waals surface area contributed by atoms with Crippen molar-refractivity contribution in [2.75, 3.05) is 0 Å². The lowest BCUT2D eigenvalue weighted by Crippen LogP contribution is -2.06. The molecule has 0 atom stereocenters. The van der Waals surface area contributed by atoms with Crippen molar-refractivity contribution in [3.8, 4) is 0 Å². The number of carbonyl (C=O) groups is 1. The molecule has 0 aliphatic carbocycles. The van der Waals surface area contributed by atoms with Crippen LogP contribution in [0.4, 0.5) is 0 Å². The molecule has 3 rings (SSSR count). The van der Waals surface area contributed by atoms with Gasteiger partial charge in [0.05, 0.1) is 5.57 Å². The molecule has 2 aromatic carbocycles. The first-order chi connectivity index (χ1) is 9.75. The highest BCUT2D eigenvalue weighted by Gasteiger charge is 2.26. The van der Waals surface area contributed by atoms with Gasteiger partial charge in [-0.25, -0.2) is 4.79 Å². The van der Waals surface area contributed by atoms with E-state index >= 15 is 0 Å². The van der Waals surface area contributed by atoms with Crippen molar-refractivity contribution in [2.24, 2.45) is 5.16 Å². The minimum absolute atomic E-state index is 0.410. The van der Waals surface area contributed by atoms with Gasteiger partial charge in [0.1, 0.15) is 5.71 Å². The van der Waals surface area contributed by atoms with E-state index < -0.39 is 5.97 Å². The van der Waals surface area contributed by atoms with Crippen LogP contribution in [0, 0.1) is 6.92 Å². The van der Waals surface area contributed by atoms with Crippen LogP contribution in [0.2, 0.25) is 0 Å². The summed E-state index contributed by atoms with van der Waals surface area (Å²) in [6.07, 6.45) is 1.83. The molecule has 0 spiro atoms. The molecular weight excluding hydrogens is 250 g/mol. The minimum atomic E-state index is -0.410. The highest BCUT2D eigenvalue weighted by atomic mass is 16.7. The number of aryl methyl sites for hydroxylation is 1. The third-order valence-electron chi connectivity index (χ3n) is 3.23. The average molecular weight is 263 g/mol. The lowest BCUT2D eigenvalue weighted by Gasteiger charge is -2.02. The maximum Gasteiger partial charge on any atom is 0.368 e. The Morgan fingerprint density at radius 2 is 1.70 bits per heavy atom. The Balaban J connectivity index is 2.05. The zero-order valence-corrected chi connectivity index (χ0v) is 11.0. The van der Waals surface area contributed by atoms with Gasteiger partial charge in [0.2, 0.25) is 0 Å². The Morgan fingerprint density at radius 1 is 1.00 bits per heavy atom. The standard InChI is InChI=1S/C17H13NO2/c1-12-7-5-6-10-14(12)11-15-16(18-20-17(15)19)13-8-3-2-4-9-13/h2-11H,1H3/b15-11-. The summed E-state index contributed by atoms with van der Waals surface area (Å²) in [6, 6.07) is 17.4. The van der Waals surface area contributed by atoms with E-state index in [0.29, 0.717) is 11.3 Å². The highest BCUT2D eigenvalue weighted by molar-refractivity contribution is 6.31. The van der Waals surface area contributed by atoms with Crippen molar-refractivity contribution >= 4 is 17.8 Å². The number of benzene rings is 2. The van der Waals surface area contributed by atoms with Crippen molar-refractivity contribution in [3.63, 3.8) is 0 Å². The quantitative estimate of drug-likeness (QED) is 0.615. The first-order valence-electron chi connectivity index (χ1n) is 6.38. The van der Waals surface area contributed by atoms with Crippen molar-refractivity contribution in [1.82, 2.24) is 0 Å². The first kappa shape index (κ1) is 12.4. The van der Waals surface area contributed by atoms with Gasteiger partial charge in [0.15, 0.2) is 0 Å². The molecule has 0 N–H and O–H groups in total. The predicted molar refractivity (Wildman–Crippen MR) is 78.2 cm³/mol. The maximum absolute atomic E-state index is 11.9. The molecule has 0 saturated heterocycles. The first-order valence-corrected chi connectivity index (χ1v) is 6.38. The van der Waals surface area contributed by atoms with Gasteiger partial charge >= 0.3 is 5.97 Å². The van der Waals surface area contributed by atoms with Crippen LogP contribution in [0.3, 0.4) is 0 Å². The normalized spacial score (nSPS) is 16.1. The second-order valence-corrected chi connectivity index (χ2v) is 4.60. The van der Waals surface area contributed by atoms with Crippen molar-refractivity contribution in [1.29, 1.82) is 0 Å². The molecule has 1 heterocycles. The summed E-state index contributed by atoms with van der Waals surface area (Å²) in [7, 11) is 0. The van der Waals surface area contributed by atoms with E-state index in [1.807, 2.05) is 67.6 Å². The predicted octanol–water partition coefficient (Wildman–Crippen LogP) is 3.34. The fourth-order valence-electron chi connectivity index (χ4n) is 2.12. The summed E-state index contributed by atoms with van der Waals surface area (Å²) in [5.74, 6) is -0.410. The Bertz CT molecular complexity index is 715. The molecule has 1 aliphatic rings. The lowest BCUT2D eigenvalue weighted by atomic mass is 9.99. The van der Waals surface area contributed by atoms with Crippen molar-refractivity contribution in [3.05, 3.63) is 76.9 Å². The summed E-state index contributed by atoms with van der Waals surface area (Å²) < 4.78 is 0. The van der Waals surface area contributed by atoms with Gasteiger partial charge in [-0.05, 0) is 24.1 Å². The Kier molecular flexibility index (Phi) is 3.17. The van der Waals surface area contributed by atoms with Gasteiger partial charge in [-0.1, -0.05) is 59.8 Å². The van der Waals surface area contributed by atoms with E-state index in [9.17, 15) is 4.79 Å². The van der Waals surface area contributed by atoms with Crippen LogP contribution in [0.25, 0.3) is 6.08 Å². The molecule has 0 amide bonds. The Hall–Kier alpha value is -2.68. The molecule has 0 radical (unpaired) electrons. The molecule has 0 unspecified atom stereocenters. The Morgan fingerprint density at radius 3 is 2.45 bits per heavy atom. The van der Waals surface area contributed by atoms with Crippen LogP contribution in [0.1, 0.15) is 16.7 Å². The van der Waals surface area contributed by atoms with Gasteiger partial charge < -0.3 is 4.84 Å². The summed E-state index contributed by atoms with van der Waals surface area (Å²) in [6.45, 7) is 2.01. The second kappa shape index (κ2) is 5.13. The van der Waals surface area contributed by atoms with Crippen molar-refractivity contribution < 1.29 is 9.63 Å². The van der Waals surface area contributed by atoms with Gasteiger partial charge in [-0.15, -0.1) is 0 Å². The Labute approximate surface area is 117 Å². The number of rotatable bonds is 2. The second-order valence-electron chi connectivity index (χ2n) is 4.60. The number of nitrogens with zero attached hydrogens (tertiary/aromatic N) is 1. The fourth-order valence-corrected chi connectivity index (χ4v) is 2.12. The summed E-state index contributed by atoms with van der Waals surface area (Å²) in [4.78, 5) is 16.7. The SMILES string of the molecule is Cc1ccccc1/C=C1\C(=O)ON=C1c1ccccc1. The maximum atomic E-state index is 11.9. The van der Waals surface area contributed by atoms with E-state index in [2.05, 4.69) is 5.16 Å². The van der Waals surface area contributed by atoms with Crippen LogP contribution in [0.5, 0.6) is 0 Å². The minimum Gasteiger partial charge on any atom is -0.312 e. The molecule has 3 nitrogen and oxygen atoms in total. The van der Waals surface area contributed by atoms with Gasteiger partial charge in [0, 0.05) is 5.56 Å². The molecule has 0 aromatic heterocycles. The van der Waals surface area contributed by atoms with Crippen LogP contribution in [0.15, 0.2) is 65.3 Å². The number of oxime groups is 1. The average Bonchev–Trinajstić information content (AvgIpc) is 2.84. The molecule has 3 heteroatoms. The third-order valence-corrected chi connectivity index (χ3v) is 3.23. The molecular formula is C17H13NO2. The van der Waals surface area contributed by atoms with E-state index in [1.54, 1.807) is 0 Å². The van der Waals surface area contributed by atoms with Crippen LogP contribution >= 0.6 is 0 Å². The van der Waals surface area contributed by atoms with E-state index in [0.717, 1.165) is 16.7 Å². The van der Waals surface area contributed by atoms with Crippen LogP contribution < -0.4 is 0 Å². The summed E-state index contributed by atoms with van der Waals surface area (Å²) >= 11 is 0. The largest absolute Gasteiger partial charge is 0.368 e. The topological polar surface area (TPSA) is 38.7 Å². The van der Waals surface area contributed by atoms with Gasteiger partial charge in [-0.2, -0.15) is 0 Å². The molecule has 2 aromatic rings. The summed E-state index contributed by atoms with van der Waals surface area (Å²) in [5.41, 5.74) is 4.04. The monoisotopic (exact) mass is 263 g/mol. The molecule has 1 aliphatic heterocycles. The van der Waals surface area contributed by atoms with Gasteiger partial charge in [-0.3, -0.25) is 0 Å². The molecule has 0 fully saturated rings. The molecule has 0 saturated carbocycles. The molecule has 98 valence electrons. The number of hydrogen-bond donors (Lipinski definition) is 0. The van der Waals surface area contributed by atoms with Crippen LogP contribution in [-0.2, 0) is 9.63 Å². The zero-order chi connectivity index (χ0) is 13.9. The third kappa shape index (κ3) is 2.26. The van der Waals surface area contributed by atoms with E-state index in [-0.39, 0.29) is 0 Å².